The maximum absolute atomic E-state index is 9.87. The maximum Gasteiger partial charge on any atom is 0.224 e. The summed E-state index contributed by atoms with van der Waals surface area (Å²) in [4.78, 5) is 14.2. The zero-order valence-electron chi connectivity index (χ0n) is 19.5. The molecule has 7 heteroatoms. The highest BCUT2D eigenvalue weighted by molar-refractivity contribution is 5.73. The van der Waals surface area contributed by atoms with Crippen molar-refractivity contribution in [3.8, 4) is 11.3 Å². The van der Waals surface area contributed by atoms with Gasteiger partial charge in [-0.1, -0.05) is 19.4 Å². The number of rotatable bonds is 9. The molecule has 1 aliphatic carbocycles. The summed E-state index contributed by atoms with van der Waals surface area (Å²) in [6.07, 6.45) is 11.8. The summed E-state index contributed by atoms with van der Waals surface area (Å²) in [7, 11) is 0. The van der Waals surface area contributed by atoms with Gasteiger partial charge in [-0.25, -0.2) is 4.98 Å². The minimum atomic E-state index is -0.172. The van der Waals surface area contributed by atoms with Gasteiger partial charge >= 0.3 is 0 Å². The first-order chi connectivity index (χ1) is 15.6. The predicted octanol–water partition coefficient (Wildman–Crippen LogP) is 4.01. The molecule has 3 heterocycles. The van der Waals surface area contributed by atoms with Crippen LogP contribution in [0.5, 0.6) is 0 Å². The largest absolute Gasteiger partial charge is 0.393 e. The van der Waals surface area contributed by atoms with Crippen molar-refractivity contribution >= 4 is 11.8 Å². The highest BCUT2D eigenvalue weighted by Crippen LogP contribution is 2.29. The molecule has 0 aromatic carbocycles. The van der Waals surface area contributed by atoms with E-state index in [1.807, 2.05) is 12.4 Å². The second-order valence-electron chi connectivity index (χ2n) is 9.55. The van der Waals surface area contributed by atoms with Gasteiger partial charge in [-0.15, -0.1) is 0 Å². The van der Waals surface area contributed by atoms with E-state index in [0.29, 0.717) is 23.9 Å². The molecule has 2 atom stereocenters. The fraction of sp³-hybridized carbons (Fsp3) is 0.640. The molecule has 0 spiro atoms. The molecule has 2 aromatic rings. The number of anilines is 2. The van der Waals surface area contributed by atoms with Gasteiger partial charge < -0.3 is 21.1 Å². The molecule has 32 heavy (non-hydrogen) atoms. The van der Waals surface area contributed by atoms with Crippen molar-refractivity contribution in [1.29, 1.82) is 0 Å². The smallest absolute Gasteiger partial charge is 0.224 e. The molecule has 4 rings (SSSR count). The van der Waals surface area contributed by atoms with Crippen molar-refractivity contribution < 1.29 is 5.11 Å². The molecule has 2 fully saturated rings. The number of aliphatic hydroxyl groups is 1. The number of nitrogens with one attached hydrogen (secondary N) is 3. The minimum absolute atomic E-state index is 0.172. The third kappa shape index (κ3) is 6.17. The van der Waals surface area contributed by atoms with Crippen LogP contribution in [0.25, 0.3) is 11.3 Å². The number of pyridine rings is 1. The van der Waals surface area contributed by atoms with E-state index in [9.17, 15) is 5.11 Å². The lowest BCUT2D eigenvalue weighted by Gasteiger charge is -2.27. The first kappa shape index (κ1) is 22.9. The van der Waals surface area contributed by atoms with Crippen LogP contribution in [-0.2, 0) is 6.42 Å². The highest BCUT2D eigenvalue weighted by Gasteiger charge is 2.22. The summed E-state index contributed by atoms with van der Waals surface area (Å²) in [6.45, 7) is 6.57. The van der Waals surface area contributed by atoms with E-state index in [0.717, 1.165) is 75.1 Å². The van der Waals surface area contributed by atoms with Crippen LogP contribution in [0.4, 0.5) is 11.8 Å². The molecule has 4 N–H and O–H groups in total. The Morgan fingerprint density at radius 1 is 1.12 bits per heavy atom. The number of hydrogen-bond donors (Lipinski definition) is 4. The Balaban J connectivity index is 1.53. The predicted molar refractivity (Wildman–Crippen MR) is 130 cm³/mol. The van der Waals surface area contributed by atoms with Crippen LogP contribution < -0.4 is 16.0 Å². The van der Waals surface area contributed by atoms with E-state index >= 15 is 0 Å². The second-order valence-corrected chi connectivity index (χ2v) is 9.55. The molecule has 2 aromatic heterocycles. The van der Waals surface area contributed by atoms with Crippen molar-refractivity contribution in [2.45, 2.75) is 83.4 Å². The lowest BCUT2D eigenvalue weighted by atomic mass is 9.93. The normalized spacial score (nSPS) is 24.3. The van der Waals surface area contributed by atoms with Gasteiger partial charge in [0.2, 0.25) is 5.95 Å². The van der Waals surface area contributed by atoms with Crippen molar-refractivity contribution in [2.75, 3.05) is 23.7 Å². The fourth-order valence-electron chi connectivity index (χ4n) is 4.81. The third-order valence-corrected chi connectivity index (χ3v) is 6.71. The topological polar surface area (TPSA) is 95.0 Å². The van der Waals surface area contributed by atoms with Gasteiger partial charge in [0.25, 0.3) is 0 Å². The maximum atomic E-state index is 9.87. The summed E-state index contributed by atoms with van der Waals surface area (Å²) in [5.41, 5.74) is 3.11. The Morgan fingerprint density at radius 2 is 1.97 bits per heavy atom. The molecule has 1 saturated heterocycles. The SMILES string of the molecule is CCC[C@H](C)Nc1ncc(-c2ccc(C[C@H]3CCNC3)cn2)c(N[C@H]2CC[C@H](O)CC2)n1. The Hall–Kier alpha value is -2.25. The Kier molecular flexibility index (Phi) is 7.92. The van der Waals surface area contributed by atoms with Crippen molar-refractivity contribution in [3.05, 3.63) is 30.1 Å². The zero-order chi connectivity index (χ0) is 22.3. The second kappa shape index (κ2) is 11.1. The molecule has 1 aliphatic heterocycles. The van der Waals surface area contributed by atoms with Crippen LogP contribution >= 0.6 is 0 Å². The van der Waals surface area contributed by atoms with Crippen LogP contribution in [0, 0.1) is 5.92 Å². The summed E-state index contributed by atoms with van der Waals surface area (Å²) < 4.78 is 0. The standard InChI is InChI=1S/C25H38N6O/c1-3-4-17(2)29-25-28-16-22(24(31-25)30-20-6-8-21(32)9-7-20)23-10-5-18(15-27-23)13-19-11-12-26-14-19/h5,10,15-17,19-21,26,32H,3-4,6-9,11-14H2,1-2H3,(H2,28,29,30,31)/t17-,19+,20-,21-/m0/s1. The van der Waals surface area contributed by atoms with Crippen LogP contribution in [0.1, 0.15) is 64.4 Å². The highest BCUT2D eigenvalue weighted by atomic mass is 16.3. The van der Waals surface area contributed by atoms with Gasteiger partial charge in [-0.05, 0) is 82.5 Å². The van der Waals surface area contributed by atoms with Crippen LogP contribution in [-0.4, -0.2) is 51.3 Å². The van der Waals surface area contributed by atoms with Crippen LogP contribution in [0.3, 0.4) is 0 Å². The summed E-state index contributed by atoms with van der Waals surface area (Å²) in [5.74, 6) is 2.19. The lowest BCUT2D eigenvalue weighted by Crippen LogP contribution is -2.29. The molecule has 0 bridgehead atoms. The quantitative estimate of drug-likeness (QED) is 0.470. The molecular formula is C25H38N6O. The molecule has 0 amide bonds. The van der Waals surface area contributed by atoms with Gasteiger partial charge in [0.05, 0.1) is 17.4 Å². The molecule has 7 nitrogen and oxygen atoms in total. The molecule has 0 unspecified atom stereocenters. The molecule has 0 radical (unpaired) electrons. The molecule has 1 saturated carbocycles. The minimum Gasteiger partial charge on any atom is -0.393 e. The first-order valence-electron chi connectivity index (χ1n) is 12.3. The van der Waals surface area contributed by atoms with Crippen LogP contribution in [0.2, 0.25) is 0 Å². The van der Waals surface area contributed by atoms with Crippen molar-refractivity contribution in [2.24, 2.45) is 5.92 Å². The third-order valence-electron chi connectivity index (χ3n) is 6.71. The number of aliphatic hydroxyl groups excluding tert-OH is 1. The van der Waals surface area contributed by atoms with Gasteiger partial charge in [0, 0.05) is 24.5 Å². The van der Waals surface area contributed by atoms with Gasteiger partial charge in [-0.3, -0.25) is 4.98 Å². The van der Waals surface area contributed by atoms with Crippen LogP contribution in [0.15, 0.2) is 24.5 Å². The molecule has 174 valence electrons. The molecular weight excluding hydrogens is 400 g/mol. The first-order valence-corrected chi connectivity index (χ1v) is 12.3. The summed E-state index contributed by atoms with van der Waals surface area (Å²) >= 11 is 0. The van der Waals surface area contributed by atoms with Crippen molar-refractivity contribution in [3.63, 3.8) is 0 Å². The van der Waals surface area contributed by atoms with E-state index in [1.54, 1.807) is 0 Å². The van der Waals surface area contributed by atoms with E-state index in [2.05, 4.69) is 46.9 Å². The van der Waals surface area contributed by atoms with Gasteiger partial charge in [0.1, 0.15) is 5.82 Å². The number of hydrogen-bond acceptors (Lipinski definition) is 7. The van der Waals surface area contributed by atoms with E-state index < -0.39 is 0 Å². The average Bonchev–Trinajstić information content (AvgIpc) is 3.30. The van der Waals surface area contributed by atoms with E-state index in [4.69, 9.17) is 9.97 Å². The number of aromatic nitrogens is 3. The summed E-state index contributed by atoms with van der Waals surface area (Å²) in [5, 5.41) is 20.4. The van der Waals surface area contributed by atoms with Gasteiger partial charge in [-0.2, -0.15) is 4.98 Å². The Labute approximate surface area is 191 Å². The van der Waals surface area contributed by atoms with E-state index in [1.165, 1.54) is 12.0 Å². The van der Waals surface area contributed by atoms with Gasteiger partial charge in [0.15, 0.2) is 0 Å². The molecule has 2 aliphatic rings. The fourth-order valence-corrected chi connectivity index (χ4v) is 4.81. The monoisotopic (exact) mass is 438 g/mol. The van der Waals surface area contributed by atoms with E-state index in [-0.39, 0.29) is 6.10 Å². The summed E-state index contributed by atoms with van der Waals surface area (Å²) in [6, 6.07) is 4.92. The Bertz CT molecular complexity index is 844. The zero-order valence-corrected chi connectivity index (χ0v) is 19.5. The Morgan fingerprint density at radius 3 is 2.66 bits per heavy atom. The number of nitrogens with zero attached hydrogens (tertiary/aromatic N) is 3. The van der Waals surface area contributed by atoms with Crippen molar-refractivity contribution in [1.82, 2.24) is 20.3 Å². The average molecular weight is 439 g/mol. The lowest BCUT2D eigenvalue weighted by molar-refractivity contribution is 0.126.